The number of aryl methyl sites for hydroxylation is 1. The van der Waals surface area contributed by atoms with Crippen molar-refractivity contribution in [1.29, 1.82) is 0 Å². The lowest BCUT2D eigenvalue weighted by Gasteiger charge is -2.38. The van der Waals surface area contributed by atoms with Crippen molar-refractivity contribution < 1.29 is 4.74 Å². The Balaban J connectivity index is 1.93. The van der Waals surface area contributed by atoms with Crippen LogP contribution in [0.15, 0.2) is 30.3 Å². The van der Waals surface area contributed by atoms with Crippen LogP contribution in [-0.2, 0) is 12.8 Å². The first kappa shape index (κ1) is 15.8. The van der Waals surface area contributed by atoms with E-state index in [0.29, 0.717) is 17.0 Å². The van der Waals surface area contributed by atoms with Gasteiger partial charge < -0.3 is 15.4 Å². The lowest BCUT2D eigenvalue weighted by molar-refractivity contribution is 0.214. The van der Waals surface area contributed by atoms with Crippen molar-refractivity contribution in [1.82, 2.24) is 4.90 Å². The SMILES string of the molecule is COc1cc2c(cc1Cl)CCN(C)[C@H]1CCc3cc(N)ccc3[C@H]21. The van der Waals surface area contributed by atoms with Crippen molar-refractivity contribution in [3.63, 3.8) is 0 Å². The van der Waals surface area contributed by atoms with Crippen LogP contribution in [0.2, 0.25) is 5.02 Å². The molecule has 24 heavy (non-hydrogen) atoms. The number of hydrogen-bond acceptors (Lipinski definition) is 3. The second-order valence-corrected chi connectivity index (χ2v) is 7.37. The summed E-state index contributed by atoms with van der Waals surface area (Å²) in [6.07, 6.45) is 3.26. The molecular weight excluding hydrogens is 320 g/mol. The van der Waals surface area contributed by atoms with E-state index >= 15 is 0 Å². The maximum atomic E-state index is 6.39. The van der Waals surface area contributed by atoms with Crippen LogP contribution < -0.4 is 10.5 Å². The summed E-state index contributed by atoms with van der Waals surface area (Å²) < 4.78 is 5.50. The summed E-state index contributed by atoms with van der Waals surface area (Å²) in [5.41, 5.74) is 12.3. The number of benzene rings is 2. The molecule has 2 aromatic rings. The van der Waals surface area contributed by atoms with Gasteiger partial charge in [0.15, 0.2) is 0 Å². The van der Waals surface area contributed by atoms with Gasteiger partial charge in [0.05, 0.1) is 12.1 Å². The summed E-state index contributed by atoms with van der Waals surface area (Å²) in [5.74, 6) is 1.12. The molecule has 0 amide bonds. The monoisotopic (exact) mass is 342 g/mol. The molecule has 1 aliphatic carbocycles. The van der Waals surface area contributed by atoms with Crippen LogP contribution in [-0.4, -0.2) is 31.6 Å². The fourth-order valence-corrected chi connectivity index (χ4v) is 4.67. The zero-order valence-electron chi connectivity index (χ0n) is 14.2. The predicted octanol–water partition coefficient (Wildman–Crippen LogP) is 3.87. The van der Waals surface area contributed by atoms with Crippen molar-refractivity contribution in [2.45, 2.75) is 31.2 Å². The van der Waals surface area contributed by atoms with E-state index in [4.69, 9.17) is 22.1 Å². The number of nitrogen functional groups attached to an aromatic ring is 1. The highest BCUT2D eigenvalue weighted by molar-refractivity contribution is 6.32. The maximum absolute atomic E-state index is 6.39. The van der Waals surface area contributed by atoms with Crippen LogP contribution >= 0.6 is 11.6 Å². The highest BCUT2D eigenvalue weighted by Crippen LogP contribution is 2.44. The first-order valence-corrected chi connectivity index (χ1v) is 8.91. The van der Waals surface area contributed by atoms with Crippen molar-refractivity contribution >= 4 is 17.3 Å². The van der Waals surface area contributed by atoms with Crippen LogP contribution in [0.5, 0.6) is 5.75 Å². The normalized spacial score (nSPS) is 23.0. The largest absolute Gasteiger partial charge is 0.495 e. The molecule has 0 aromatic heterocycles. The summed E-state index contributed by atoms with van der Waals surface area (Å²) in [6, 6.07) is 11.1. The third-order valence-corrected chi connectivity index (χ3v) is 5.94. The van der Waals surface area contributed by atoms with E-state index in [9.17, 15) is 0 Å². The minimum Gasteiger partial charge on any atom is -0.495 e. The lowest BCUT2D eigenvalue weighted by Crippen LogP contribution is -2.39. The Bertz CT molecular complexity index is 789. The number of anilines is 1. The summed E-state index contributed by atoms with van der Waals surface area (Å²) in [7, 11) is 3.92. The third kappa shape index (κ3) is 2.47. The fraction of sp³-hybridized carbons (Fsp3) is 0.400. The van der Waals surface area contributed by atoms with Crippen LogP contribution in [0.3, 0.4) is 0 Å². The molecule has 0 saturated heterocycles. The van der Waals surface area contributed by atoms with Crippen molar-refractivity contribution in [3.8, 4) is 5.75 Å². The summed E-state index contributed by atoms with van der Waals surface area (Å²) in [5, 5.41) is 0.700. The van der Waals surface area contributed by atoms with E-state index in [0.717, 1.165) is 37.2 Å². The number of hydrogen-bond donors (Lipinski definition) is 1. The number of halogens is 1. The molecule has 4 heteroatoms. The Morgan fingerprint density at radius 3 is 2.71 bits per heavy atom. The molecule has 0 unspecified atom stereocenters. The lowest BCUT2D eigenvalue weighted by atomic mass is 9.74. The number of rotatable bonds is 1. The van der Waals surface area contributed by atoms with Crippen molar-refractivity contribution in [2.75, 3.05) is 26.4 Å². The highest BCUT2D eigenvalue weighted by atomic mass is 35.5. The number of nitrogens with zero attached hydrogens (tertiary/aromatic N) is 1. The van der Waals surface area contributed by atoms with Crippen LogP contribution in [0.1, 0.15) is 34.6 Å². The molecule has 126 valence electrons. The smallest absolute Gasteiger partial charge is 0.137 e. The van der Waals surface area contributed by atoms with Crippen molar-refractivity contribution in [3.05, 3.63) is 57.6 Å². The van der Waals surface area contributed by atoms with Gasteiger partial charge in [-0.25, -0.2) is 0 Å². The molecule has 2 aromatic carbocycles. The number of ether oxygens (including phenoxy) is 1. The summed E-state index contributed by atoms with van der Waals surface area (Å²) >= 11 is 6.39. The van der Waals surface area contributed by atoms with Crippen LogP contribution in [0.25, 0.3) is 0 Å². The van der Waals surface area contributed by atoms with Gasteiger partial charge in [0.1, 0.15) is 5.75 Å². The fourth-order valence-electron chi connectivity index (χ4n) is 4.41. The Morgan fingerprint density at radius 2 is 1.92 bits per heavy atom. The second-order valence-electron chi connectivity index (χ2n) is 6.96. The number of methoxy groups -OCH3 is 1. The topological polar surface area (TPSA) is 38.5 Å². The predicted molar refractivity (Wildman–Crippen MR) is 99.1 cm³/mol. The van der Waals surface area contributed by atoms with E-state index < -0.39 is 0 Å². The van der Waals surface area contributed by atoms with E-state index in [-0.39, 0.29) is 0 Å². The molecule has 0 fully saturated rings. The Kier molecular flexibility index (Phi) is 3.93. The number of fused-ring (bicyclic) bond motifs is 5. The average molecular weight is 343 g/mol. The van der Waals surface area contributed by atoms with E-state index in [1.165, 1.54) is 22.3 Å². The van der Waals surface area contributed by atoms with Gasteiger partial charge in [-0.05, 0) is 72.8 Å². The average Bonchev–Trinajstić information content (AvgIpc) is 2.71. The number of nitrogens with two attached hydrogens (primary N) is 1. The zero-order valence-corrected chi connectivity index (χ0v) is 14.9. The molecular formula is C20H23ClN2O. The molecule has 0 bridgehead atoms. The molecule has 1 aliphatic heterocycles. The van der Waals surface area contributed by atoms with E-state index in [1.807, 2.05) is 6.07 Å². The standard InChI is InChI=1S/C20H23ClN2O/c1-23-8-7-13-10-17(21)19(24-2)11-16(13)20-15-5-4-14(22)9-12(15)3-6-18(20)23/h4-5,9-11,18,20H,3,6-8,22H2,1-2H3/t18-,20+/m0/s1. The van der Waals surface area contributed by atoms with E-state index in [1.54, 1.807) is 7.11 Å². The maximum Gasteiger partial charge on any atom is 0.137 e. The summed E-state index contributed by atoms with van der Waals surface area (Å²) in [6.45, 7) is 1.06. The van der Waals surface area contributed by atoms with Gasteiger partial charge in [-0.3, -0.25) is 0 Å². The van der Waals surface area contributed by atoms with Gasteiger partial charge in [0.2, 0.25) is 0 Å². The Hall–Kier alpha value is -1.71. The second kappa shape index (κ2) is 5.98. The Labute approximate surface area is 148 Å². The van der Waals surface area contributed by atoms with Gasteiger partial charge in [-0.2, -0.15) is 0 Å². The quantitative estimate of drug-likeness (QED) is 0.800. The molecule has 1 heterocycles. The molecule has 0 saturated carbocycles. The molecule has 0 spiro atoms. The van der Waals surface area contributed by atoms with Crippen LogP contribution in [0.4, 0.5) is 5.69 Å². The zero-order chi connectivity index (χ0) is 16.8. The van der Waals surface area contributed by atoms with Gasteiger partial charge in [0, 0.05) is 24.2 Å². The molecule has 2 N–H and O–H groups in total. The molecule has 4 rings (SSSR count). The molecule has 2 atom stereocenters. The van der Waals surface area contributed by atoms with Gasteiger partial charge in [0.25, 0.3) is 0 Å². The first-order chi connectivity index (χ1) is 11.6. The van der Waals surface area contributed by atoms with Gasteiger partial charge in [-0.15, -0.1) is 0 Å². The van der Waals surface area contributed by atoms with Gasteiger partial charge in [-0.1, -0.05) is 17.7 Å². The minimum atomic E-state index is 0.350. The van der Waals surface area contributed by atoms with E-state index in [2.05, 4.69) is 36.2 Å². The Morgan fingerprint density at radius 1 is 1.12 bits per heavy atom. The first-order valence-electron chi connectivity index (χ1n) is 8.53. The van der Waals surface area contributed by atoms with Gasteiger partial charge >= 0.3 is 0 Å². The third-order valence-electron chi connectivity index (χ3n) is 5.65. The summed E-state index contributed by atoms with van der Waals surface area (Å²) in [4.78, 5) is 2.50. The highest BCUT2D eigenvalue weighted by Gasteiger charge is 2.36. The minimum absolute atomic E-state index is 0.350. The van der Waals surface area contributed by atoms with Crippen molar-refractivity contribution in [2.24, 2.45) is 0 Å². The molecule has 3 nitrogen and oxygen atoms in total. The molecule has 2 aliphatic rings. The molecule has 0 radical (unpaired) electrons. The van der Waals surface area contributed by atoms with Crippen LogP contribution in [0, 0.1) is 0 Å². The number of likely N-dealkylation sites (N-methyl/N-ethyl adjacent to an activating group) is 1.